The molecule has 2 atom stereocenters. The maximum absolute atomic E-state index is 11.4. The van der Waals surface area contributed by atoms with Gasteiger partial charge in [-0.25, -0.2) is 8.42 Å². The van der Waals surface area contributed by atoms with E-state index in [1.165, 1.54) is 57.8 Å². The maximum atomic E-state index is 11.4. The summed E-state index contributed by atoms with van der Waals surface area (Å²) < 4.78 is 34.1. The molecule has 0 aliphatic heterocycles. The van der Waals surface area contributed by atoms with E-state index in [1.54, 1.807) is 0 Å². The summed E-state index contributed by atoms with van der Waals surface area (Å²) >= 11 is 0. The van der Waals surface area contributed by atoms with Crippen molar-refractivity contribution >= 4 is 10.1 Å². The first-order chi connectivity index (χ1) is 12.9. The van der Waals surface area contributed by atoms with Gasteiger partial charge in [0, 0.05) is 5.25 Å². The first-order valence-corrected chi connectivity index (χ1v) is 13.0. The average molecular weight is 429 g/mol. The van der Waals surface area contributed by atoms with Crippen LogP contribution in [0.4, 0.5) is 0 Å². The van der Waals surface area contributed by atoms with Crippen LogP contribution in [0.1, 0.15) is 129 Å². The summed E-state index contributed by atoms with van der Waals surface area (Å²) in [5, 5.41) is 9.30. The van der Waals surface area contributed by atoms with Crippen LogP contribution in [0.5, 0.6) is 0 Å². The second kappa shape index (κ2) is 21.1. The fraction of sp³-hybridized carbons (Fsp3) is 1.00. The van der Waals surface area contributed by atoms with Gasteiger partial charge in [0.1, 0.15) is 0 Å². The summed E-state index contributed by atoms with van der Waals surface area (Å²) in [6.45, 7) is 4.30. The Morgan fingerprint density at radius 1 is 0.643 bits per heavy atom. The molecule has 0 rings (SSSR count). The van der Waals surface area contributed by atoms with E-state index in [9.17, 15) is 18.1 Å². The maximum Gasteiger partial charge on any atom is 1.00 e. The molecule has 0 amide bonds. The molecule has 6 heteroatoms. The van der Waals surface area contributed by atoms with Gasteiger partial charge in [-0.2, -0.15) is 0 Å². The largest absolute Gasteiger partial charge is 1.00 e. The zero-order valence-electron chi connectivity index (χ0n) is 19.0. The van der Waals surface area contributed by atoms with E-state index in [0.717, 1.165) is 32.1 Å². The minimum absolute atomic E-state index is 0. The molecule has 0 heterocycles. The number of unbranched alkanes of at least 4 members (excludes halogenated alkanes) is 11. The first kappa shape index (κ1) is 31.1. The van der Waals surface area contributed by atoms with Crippen molar-refractivity contribution in [3.05, 3.63) is 0 Å². The SMILES string of the molecule is CCCCCCCCCCCCC(O)CCCC(CCCCC)S(=O)(=O)[O-].[Na+]. The van der Waals surface area contributed by atoms with Gasteiger partial charge >= 0.3 is 29.6 Å². The van der Waals surface area contributed by atoms with Crippen molar-refractivity contribution in [1.29, 1.82) is 0 Å². The summed E-state index contributed by atoms with van der Waals surface area (Å²) in [4.78, 5) is 0. The fourth-order valence-electron chi connectivity index (χ4n) is 3.65. The van der Waals surface area contributed by atoms with Crippen LogP contribution in [0, 0.1) is 0 Å². The Bertz CT molecular complexity index is 415. The molecule has 0 aromatic carbocycles. The van der Waals surface area contributed by atoms with Gasteiger partial charge < -0.3 is 9.66 Å². The number of aliphatic hydroxyl groups is 1. The van der Waals surface area contributed by atoms with Crippen LogP contribution in [-0.2, 0) is 10.1 Å². The Balaban J connectivity index is 0. The summed E-state index contributed by atoms with van der Waals surface area (Å²) in [5.74, 6) is 0. The van der Waals surface area contributed by atoms with Crippen molar-refractivity contribution in [2.45, 2.75) is 141 Å². The van der Waals surface area contributed by atoms with Gasteiger partial charge in [0.2, 0.25) is 0 Å². The normalized spacial score (nSPS) is 13.9. The number of hydrogen-bond donors (Lipinski definition) is 1. The van der Waals surface area contributed by atoms with Crippen LogP contribution in [0.25, 0.3) is 0 Å². The van der Waals surface area contributed by atoms with Gasteiger partial charge in [-0.3, -0.25) is 0 Å². The van der Waals surface area contributed by atoms with Gasteiger partial charge in [-0.15, -0.1) is 0 Å². The molecule has 0 aromatic rings. The van der Waals surface area contributed by atoms with Gasteiger partial charge in [0.25, 0.3) is 0 Å². The topological polar surface area (TPSA) is 77.4 Å². The Kier molecular flexibility index (Phi) is 23.4. The third-order valence-corrected chi connectivity index (χ3v) is 6.78. The van der Waals surface area contributed by atoms with E-state index in [0.29, 0.717) is 25.7 Å². The monoisotopic (exact) mass is 428 g/mol. The molecule has 0 aliphatic rings. The second-order valence-corrected chi connectivity index (χ2v) is 9.82. The Hall–Kier alpha value is 0.870. The molecule has 0 aromatic heterocycles. The number of hydrogen-bond acceptors (Lipinski definition) is 4. The van der Waals surface area contributed by atoms with Crippen LogP contribution >= 0.6 is 0 Å². The molecule has 28 heavy (non-hydrogen) atoms. The quantitative estimate of drug-likeness (QED) is 0.183. The summed E-state index contributed by atoms with van der Waals surface area (Å²) in [7, 11) is -4.21. The minimum atomic E-state index is -4.21. The Labute approximate surface area is 197 Å². The van der Waals surface area contributed by atoms with E-state index < -0.39 is 15.4 Å². The third-order valence-electron chi connectivity index (χ3n) is 5.49. The molecule has 2 unspecified atom stereocenters. The van der Waals surface area contributed by atoms with Crippen molar-refractivity contribution in [3.63, 3.8) is 0 Å². The van der Waals surface area contributed by atoms with E-state index in [4.69, 9.17) is 0 Å². The zero-order valence-corrected chi connectivity index (χ0v) is 21.8. The van der Waals surface area contributed by atoms with Gasteiger partial charge in [0.15, 0.2) is 0 Å². The minimum Gasteiger partial charge on any atom is -0.748 e. The fourth-order valence-corrected chi connectivity index (χ4v) is 4.56. The van der Waals surface area contributed by atoms with Crippen LogP contribution in [0.15, 0.2) is 0 Å². The second-order valence-electron chi connectivity index (χ2n) is 8.17. The van der Waals surface area contributed by atoms with Crippen LogP contribution < -0.4 is 29.6 Å². The number of aliphatic hydroxyl groups excluding tert-OH is 1. The average Bonchev–Trinajstić information content (AvgIpc) is 2.61. The predicted octanol–water partition coefficient (Wildman–Crippen LogP) is 3.33. The smallest absolute Gasteiger partial charge is 0.748 e. The molecule has 0 fully saturated rings. The molecular formula is C22H45NaO4S. The molecule has 0 aliphatic carbocycles. The molecular weight excluding hydrogens is 383 g/mol. The number of rotatable bonds is 20. The van der Waals surface area contributed by atoms with Crippen LogP contribution in [0.3, 0.4) is 0 Å². The Morgan fingerprint density at radius 3 is 1.50 bits per heavy atom. The van der Waals surface area contributed by atoms with E-state index >= 15 is 0 Å². The summed E-state index contributed by atoms with van der Waals surface area (Å²) in [6, 6.07) is 0. The van der Waals surface area contributed by atoms with Crippen LogP contribution in [0.2, 0.25) is 0 Å². The van der Waals surface area contributed by atoms with E-state index in [2.05, 4.69) is 13.8 Å². The van der Waals surface area contributed by atoms with Crippen molar-refractivity contribution in [2.75, 3.05) is 0 Å². The molecule has 0 radical (unpaired) electrons. The van der Waals surface area contributed by atoms with Crippen molar-refractivity contribution < 1.29 is 47.6 Å². The first-order valence-electron chi connectivity index (χ1n) is 11.5. The predicted molar refractivity (Wildman–Crippen MR) is 114 cm³/mol. The van der Waals surface area contributed by atoms with Crippen molar-refractivity contribution in [3.8, 4) is 0 Å². The summed E-state index contributed by atoms with van der Waals surface area (Å²) in [6.07, 6.45) is 18.1. The van der Waals surface area contributed by atoms with Gasteiger partial charge in [-0.05, 0) is 32.1 Å². The summed E-state index contributed by atoms with van der Waals surface area (Å²) in [5.41, 5.74) is 0. The zero-order chi connectivity index (χ0) is 20.4. The standard InChI is InChI=1S/C22H46O4S.Na/c1-3-5-7-8-9-10-11-12-13-15-17-21(23)18-16-20-22(27(24,25)26)19-14-6-4-2;/h21-23H,3-20H2,1-2H3,(H,24,25,26);/q;+1/p-1. The Morgan fingerprint density at radius 2 is 1.00 bits per heavy atom. The molecule has 4 nitrogen and oxygen atoms in total. The van der Waals surface area contributed by atoms with Crippen molar-refractivity contribution in [1.82, 2.24) is 0 Å². The molecule has 0 saturated heterocycles. The van der Waals surface area contributed by atoms with Gasteiger partial charge in [0.05, 0.1) is 16.2 Å². The van der Waals surface area contributed by atoms with Crippen LogP contribution in [-0.4, -0.2) is 29.4 Å². The molecule has 0 saturated carbocycles. The van der Waals surface area contributed by atoms with Gasteiger partial charge in [-0.1, -0.05) is 97.3 Å². The molecule has 164 valence electrons. The molecule has 0 bridgehead atoms. The molecule has 1 N–H and O–H groups in total. The van der Waals surface area contributed by atoms with E-state index in [1.807, 2.05) is 0 Å². The van der Waals surface area contributed by atoms with Crippen molar-refractivity contribution in [2.24, 2.45) is 0 Å². The van der Waals surface area contributed by atoms with E-state index in [-0.39, 0.29) is 35.7 Å². The third kappa shape index (κ3) is 20.2. The molecule has 0 spiro atoms.